The molecule has 0 spiro atoms. The lowest BCUT2D eigenvalue weighted by Crippen LogP contribution is -1.88. The zero-order valence-electron chi connectivity index (χ0n) is 24.6. The summed E-state index contributed by atoms with van der Waals surface area (Å²) >= 11 is 0. The molecule has 0 bridgehead atoms. The predicted molar refractivity (Wildman–Crippen MR) is 190 cm³/mol. The van der Waals surface area contributed by atoms with Crippen molar-refractivity contribution in [2.45, 2.75) is 0 Å². The van der Waals surface area contributed by atoms with Gasteiger partial charge >= 0.3 is 0 Å². The summed E-state index contributed by atoms with van der Waals surface area (Å²) in [5, 5.41) is 7.30. The molecular weight excluding hydrogens is 544 g/mol. The third-order valence-corrected chi connectivity index (χ3v) is 9.03. The quantitative estimate of drug-likeness (QED) is 0.204. The van der Waals surface area contributed by atoms with E-state index in [0.29, 0.717) is 0 Å². The van der Waals surface area contributed by atoms with Gasteiger partial charge in [0, 0.05) is 10.8 Å². The summed E-state index contributed by atoms with van der Waals surface area (Å²) in [5.41, 5.74) is 11.4. The summed E-state index contributed by atoms with van der Waals surface area (Å²) in [7, 11) is 0. The summed E-state index contributed by atoms with van der Waals surface area (Å²) in [6.45, 7) is 0. The Bertz CT molecular complexity index is 2530. The molecule has 1 nitrogen and oxygen atoms in total. The predicted octanol–water partition coefficient (Wildman–Crippen LogP) is 12.6. The van der Waals surface area contributed by atoms with Crippen molar-refractivity contribution in [2.24, 2.45) is 0 Å². The van der Waals surface area contributed by atoms with Crippen LogP contribution in [0.1, 0.15) is 0 Å². The van der Waals surface area contributed by atoms with Crippen LogP contribution >= 0.6 is 0 Å². The molecule has 0 amide bonds. The minimum absolute atomic E-state index is 0.908. The fourth-order valence-corrected chi connectivity index (χ4v) is 6.72. The molecule has 0 radical (unpaired) electrons. The Morgan fingerprint density at radius 3 is 1.47 bits per heavy atom. The van der Waals surface area contributed by atoms with E-state index in [1.165, 1.54) is 66.1 Å². The highest BCUT2D eigenvalue weighted by Gasteiger charge is 2.15. The number of rotatable bonds is 4. The Labute approximate surface area is 261 Å². The molecule has 0 aliphatic rings. The fourth-order valence-electron chi connectivity index (χ4n) is 6.72. The second-order valence-corrected chi connectivity index (χ2v) is 11.8. The van der Waals surface area contributed by atoms with Gasteiger partial charge in [-0.1, -0.05) is 127 Å². The highest BCUT2D eigenvalue weighted by molar-refractivity contribution is 6.12. The second kappa shape index (κ2) is 10.4. The highest BCUT2D eigenvalue weighted by Crippen LogP contribution is 2.40. The highest BCUT2D eigenvalue weighted by atomic mass is 16.3. The molecule has 0 saturated carbocycles. The molecule has 45 heavy (non-hydrogen) atoms. The second-order valence-electron chi connectivity index (χ2n) is 11.8. The van der Waals surface area contributed by atoms with E-state index in [-0.39, 0.29) is 0 Å². The van der Waals surface area contributed by atoms with Gasteiger partial charge in [0.25, 0.3) is 0 Å². The van der Waals surface area contributed by atoms with E-state index >= 15 is 0 Å². The van der Waals surface area contributed by atoms with Gasteiger partial charge in [0.1, 0.15) is 11.2 Å². The van der Waals surface area contributed by atoms with Crippen LogP contribution in [0.3, 0.4) is 0 Å². The summed E-state index contributed by atoms with van der Waals surface area (Å²) < 4.78 is 6.27. The standard InChI is InChI=1S/C44H28O/c1-3-10-33-24-35(22-20-29(33)8-1)31-16-18-32(19-17-31)37-26-38(36-23-21-30-9-2-4-11-34(30)25-36)28-39(27-37)40-13-7-15-43-44(40)41-12-5-6-14-42(41)45-43/h1-28H. The van der Waals surface area contributed by atoms with Crippen LogP contribution in [0.5, 0.6) is 0 Å². The van der Waals surface area contributed by atoms with Crippen molar-refractivity contribution < 1.29 is 4.42 Å². The van der Waals surface area contributed by atoms with Gasteiger partial charge in [0.15, 0.2) is 0 Å². The Balaban J connectivity index is 1.21. The van der Waals surface area contributed by atoms with Crippen LogP contribution in [-0.2, 0) is 0 Å². The topological polar surface area (TPSA) is 13.1 Å². The molecule has 9 rings (SSSR count). The monoisotopic (exact) mass is 572 g/mol. The van der Waals surface area contributed by atoms with Gasteiger partial charge in [-0.2, -0.15) is 0 Å². The first-order valence-corrected chi connectivity index (χ1v) is 15.4. The molecule has 8 aromatic carbocycles. The van der Waals surface area contributed by atoms with Crippen molar-refractivity contribution in [3.8, 4) is 44.5 Å². The minimum atomic E-state index is 0.908. The first-order chi connectivity index (χ1) is 22.3. The van der Waals surface area contributed by atoms with Crippen LogP contribution in [0.15, 0.2) is 174 Å². The third kappa shape index (κ3) is 4.49. The van der Waals surface area contributed by atoms with E-state index in [2.05, 4.69) is 158 Å². The molecule has 0 fully saturated rings. The SMILES string of the molecule is c1ccc2cc(-c3ccc(-c4cc(-c5ccc6ccccc6c5)cc(-c5cccc6oc7ccccc7c56)c4)cc3)ccc2c1. The summed E-state index contributed by atoms with van der Waals surface area (Å²) in [4.78, 5) is 0. The Morgan fingerprint density at radius 2 is 0.778 bits per heavy atom. The van der Waals surface area contributed by atoms with Crippen molar-refractivity contribution in [3.05, 3.63) is 170 Å². The largest absolute Gasteiger partial charge is 0.456 e. The van der Waals surface area contributed by atoms with Gasteiger partial charge in [0.2, 0.25) is 0 Å². The molecule has 0 atom stereocenters. The zero-order chi connectivity index (χ0) is 29.7. The van der Waals surface area contributed by atoms with Gasteiger partial charge in [0.05, 0.1) is 0 Å². The number of furan rings is 1. The number of hydrogen-bond acceptors (Lipinski definition) is 1. The van der Waals surface area contributed by atoms with Gasteiger partial charge in [-0.25, -0.2) is 0 Å². The van der Waals surface area contributed by atoms with Crippen molar-refractivity contribution >= 4 is 43.5 Å². The van der Waals surface area contributed by atoms with Crippen LogP contribution in [0, 0.1) is 0 Å². The molecule has 0 saturated heterocycles. The Morgan fingerprint density at radius 1 is 0.289 bits per heavy atom. The van der Waals surface area contributed by atoms with Gasteiger partial charge in [-0.3, -0.25) is 0 Å². The average molecular weight is 573 g/mol. The van der Waals surface area contributed by atoms with Gasteiger partial charge < -0.3 is 4.42 Å². The normalized spacial score (nSPS) is 11.6. The van der Waals surface area contributed by atoms with E-state index in [0.717, 1.165) is 21.9 Å². The Kier molecular flexibility index (Phi) is 5.89. The first-order valence-electron chi connectivity index (χ1n) is 15.4. The lowest BCUT2D eigenvalue weighted by molar-refractivity contribution is 0.669. The van der Waals surface area contributed by atoms with E-state index in [1.54, 1.807) is 0 Å². The fraction of sp³-hybridized carbons (Fsp3) is 0. The molecule has 1 heteroatoms. The molecule has 1 aromatic heterocycles. The van der Waals surface area contributed by atoms with Crippen molar-refractivity contribution in [3.63, 3.8) is 0 Å². The van der Waals surface area contributed by atoms with Crippen LogP contribution in [0.25, 0.3) is 88.0 Å². The number of benzene rings is 8. The maximum absolute atomic E-state index is 6.27. The van der Waals surface area contributed by atoms with Gasteiger partial charge in [-0.15, -0.1) is 0 Å². The van der Waals surface area contributed by atoms with Crippen molar-refractivity contribution in [1.29, 1.82) is 0 Å². The lowest BCUT2D eigenvalue weighted by Gasteiger charge is -2.13. The first kappa shape index (κ1) is 25.6. The minimum Gasteiger partial charge on any atom is -0.456 e. The summed E-state index contributed by atoms with van der Waals surface area (Å²) in [6.07, 6.45) is 0. The van der Waals surface area contributed by atoms with Crippen LogP contribution in [0.2, 0.25) is 0 Å². The van der Waals surface area contributed by atoms with Crippen molar-refractivity contribution in [1.82, 2.24) is 0 Å². The molecular formula is C44H28O. The number of para-hydroxylation sites is 1. The molecule has 0 aliphatic carbocycles. The van der Waals surface area contributed by atoms with Gasteiger partial charge in [-0.05, 0) is 109 Å². The van der Waals surface area contributed by atoms with E-state index in [9.17, 15) is 0 Å². The third-order valence-electron chi connectivity index (χ3n) is 9.03. The number of hydrogen-bond donors (Lipinski definition) is 0. The van der Waals surface area contributed by atoms with E-state index in [4.69, 9.17) is 4.42 Å². The molecule has 0 N–H and O–H groups in total. The molecule has 9 aromatic rings. The Hall–Kier alpha value is -5.92. The number of fused-ring (bicyclic) bond motifs is 5. The molecule has 0 aliphatic heterocycles. The van der Waals surface area contributed by atoms with E-state index in [1.807, 2.05) is 12.1 Å². The van der Waals surface area contributed by atoms with Crippen LogP contribution < -0.4 is 0 Å². The van der Waals surface area contributed by atoms with Crippen molar-refractivity contribution in [2.75, 3.05) is 0 Å². The summed E-state index contributed by atoms with van der Waals surface area (Å²) in [6, 6.07) is 61.2. The lowest BCUT2D eigenvalue weighted by atomic mass is 9.90. The van der Waals surface area contributed by atoms with E-state index < -0.39 is 0 Å². The average Bonchev–Trinajstić information content (AvgIpc) is 3.50. The molecule has 210 valence electrons. The van der Waals surface area contributed by atoms with Crippen LogP contribution in [-0.4, -0.2) is 0 Å². The van der Waals surface area contributed by atoms with Crippen LogP contribution in [0.4, 0.5) is 0 Å². The summed E-state index contributed by atoms with van der Waals surface area (Å²) in [5.74, 6) is 0. The molecule has 1 heterocycles. The maximum Gasteiger partial charge on any atom is 0.136 e. The zero-order valence-corrected chi connectivity index (χ0v) is 24.6. The molecule has 0 unspecified atom stereocenters. The maximum atomic E-state index is 6.27. The smallest absolute Gasteiger partial charge is 0.136 e.